The smallest absolute Gasteiger partial charge is 1.00 e. The number of hydrogen-bond acceptors (Lipinski definition) is 5. The first-order valence-electron chi connectivity index (χ1n) is 10.4. The van der Waals surface area contributed by atoms with Gasteiger partial charge in [-0.3, -0.25) is 0 Å². The normalized spacial score (nSPS) is 13.1. The Balaban J connectivity index is 0.00000306. The molecule has 3 aromatic rings. The number of sulfone groups is 1. The Labute approximate surface area is 228 Å². The van der Waals surface area contributed by atoms with Gasteiger partial charge in [0.2, 0.25) is 9.84 Å². The summed E-state index contributed by atoms with van der Waals surface area (Å²) in [6.07, 6.45) is -0.0377. The van der Waals surface area contributed by atoms with E-state index in [1.165, 1.54) is 18.2 Å². The topological polar surface area (TPSA) is 104 Å². The molecule has 0 aromatic heterocycles. The van der Waals surface area contributed by atoms with Crippen molar-refractivity contribution in [3.63, 3.8) is 0 Å². The Morgan fingerprint density at radius 2 is 1.71 bits per heavy atom. The van der Waals surface area contributed by atoms with E-state index in [-0.39, 0.29) is 52.4 Å². The van der Waals surface area contributed by atoms with E-state index in [1.807, 2.05) is 13.0 Å². The molecule has 0 aliphatic rings. The fraction of sp³-hybridized carbons (Fsp3) is 0.240. The fourth-order valence-electron chi connectivity index (χ4n) is 3.55. The van der Waals surface area contributed by atoms with Crippen LogP contribution in [0.2, 0.25) is 5.02 Å². The van der Waals surface area contributed by atoms with Crippen LogP contribution in [0.25, 0.3) is 0 Å². The largest absolute Gasteiger partial charge is 1.00 e. The molecular weight excluding hydrogens is 485 g/mol. The molecule has 0 aliphatic heterocycles. The van der Waals surface area contributed by atoms with E-state index in [2.05, 4.69) is 5.32 Å². The summed E-state index contributed by atoms with van der Waals surface area (Å²) in [5.74, 6) is -1.09. The Morgan fingerprint density at radius 3 is 2.29 bits per heavy atom. The average molecular weight is 512 g/mol. The van der Waals surface area contributed by atoms with Gasteiger partial charge in [-0.25, -0.2) is 13.2 Å². The first-order chi connectivity index (χ1) is 15.6. The zero-order valence-corrected chi connectivity index (χ0v) is 22.9. The van der Waals surface area contributed by atoms with Crippen LogP contribution in [0, 0.1) is 6.92 Å². The van der Waals surface area contributed by atoms with E-state index in [0.29, 0.717) is 23.6 Å². The van der Waals surface area contributed by atoms with Crippen LogP contribution in [0.1, 0.15) is 41.5 Å². The minimum absolute atomic E-state index is 0. The molecule has 0 fully saturated rings. The van der Waals surface area contributed by atoms with Crippen LogP contribution in [0.4, 0.5) is 0 Å². The third-order valence-corrected chi connectivity index (χ3v) is 7.41. The Bertz CT molecular complexity index is 1250. The van der Waals surface area contributed by atoms with Gasteiger partial charge in [0, 0.05) is 17.6 Å². The predicted octanol–water partition coefficient (Wildman–Crippen LogP) is 1.55. The summed E-state index contributed by atoms with van der Waals surface area (Å²) >= 11 is 5.97. The standard InChI is InChI=1S/C25H26ClNO5S.Na.H/c1-16-12-22(10-11-23(16)25(29)30)33(31,32)21-8-6-18(7-9-21)13-17(2)27-15-24(28)19-4-3-5-20(26)14-19;;/h3-12,14,17,24,27-28H,13,15H2,1-2H3,(H,29,30);;/q;+1;-1/t17-,24-;;/m1../s1. The molecule has 0 heterocycles. The molecule has 0 saturated heterocycles. The van der Waals surface area contributed by atoms with Gasteiger partial charge in [-0.15, -0.1) is 0 Å². The second kappa shape index (κ2) is 12.3. The number of aryl methyl sites for hydroxylation is 1. The van der Waals surface area contributed by atoms with E-state index in [4.69, 9.17) is 16.7 Å². The summed E-state index contributed by atoms with van der Waals surface area (Å²) in [6.45, 7) is 3.92. The van der Waals surface area contributed by atoms with Gasteiger partial charge in [0.25, 0.3) is 0 Å². The number of carbonyl (C=O) groups is 1. The number of rotatable bonds is 9. The number of halogens is 1. The van der Waals surface area contributed by atoms with E-state index in [1.54, 1.807) is 49.4 Å². The molecule has 0 aliphatic carbocycles. The number of carboxylic acid groups (broad SMARTS) is 1. The maximum Gasteiger partial charge on any atom is 1.00 e. The molecule has 2 atom stereocenters. The summed E-state index contributed by atoms with van der Waals surface area (Å²) in [5.41, 5.74) is 2.15. The number of aliphatic hydroxyl groups excluding tert-OH is 1. The third-order valence-electron chi connectivity index (χ3n) is 5.41. The van der Waals surface area contributed by atoms with Crippen LogP contribution in [-0.2, 0) is 16.3 Å². The van der Waals surface area contributed by atoms with Gasteiger partial charge in [0.15, 0.2) is 0 Å². The van der Waals surface area contributed by atoms with Crippen LogP contribution in [0.15, 0.2) is 76.5 Å². The monoisotopic (exact) mass is 511 g/mol. The molecule has 0 saturated carbocycles. The molecule has 0 unspecified atom stereocenters. The first kappa shape index (κ1) is 28.5. The number of carboxylic acids is 1. The van der Waals surface area contributed by atoms with Crippen LogP contribution >= 0.6 is 11.6 Å². The molecule has 0 bridgehead atoms. The van der Waals surface area contributed by atoms with Crippen molar-refractivity contribution in [3.8, 4) is 0 Å². The molecule has 34 heavy (non-hydrogen) atoms. The molecule has 3 N–H and O–H groups in total. The number of aromatic carboxylic acids is 1. The van der Waals surface area contributed by atoms with Gasteiger partial charge < -0.3 is 17.0 Å². The maximum absolute atomic E-state index is 12.9. The SMILES string of the molecule is Cc1cc(S(=O)(=O)c2ccc(C[C@@H](C)NC[C@@H](O)c3cccc(Cl)c3)cc2)ccc1C(=O)O.[H-].[Na+]. The first-order valence-corrected chi connectivity index (χ1v) is 12.3. The Morgan fingerprint density at radius 1 is 1.06 bits per heavy atom. The van der Waals surface area contributed by atoms with Crippen molar-refractivity contribution in [2.45, 2.75) is 42.2 Å². The van der Waals surface area contributed by atoms with Gasteiger partial charge in [-0.2, -0.15) is 0 Å². The van der Waals surface area contributed by atoms with Crippen molar-refractivity contribution >= 4 is 27.4 Å². The van der Waals surface area contributed by atoms with Crippen LogP contribution in [0.3, 0.4) is 0 Å². The summed E-state index contributed by atoms with van der Waals surface area (Å²) in [4.78, 5) is 11.4. The van der Waals surface area contributed by atoms with Crippen molar-refractivity contribution < 1.29 is 54.4 Å². The van der Waals surface area contributed by atoms with Crippen molar-refractivity contribution in [2.75, 3.05) is 6.54 Å². The number of benzene rings is 3. The average Bonchev–Trinajstić information content (AvgIpc) is 2.77. The summed E-state index contributed by atoms with van der Waals surface area (Å²) in [5, 5.41) is 23.3. The predicted molar refractivity (Wildman–Crippen MR) is 129 cm³/mol. The van der Waals surface area contributed by atoms with Gasteiger partial charge in [-0.1, -0.05) is 35.9 Å². The molecule has 3 rings (SSSR count). The van der Waals surface area contributed by atoms with Crippen molar-refractivity contribution in [2.24, 2.45) is 0 Å². The third kappa shape index (κ3) is 7.15. The second-order valence-corrected chi connectivity index (χ2v) is 10.4. The molecule has 176 valence electrons. The van der Waals surface area contributed by atoms with Crippen molar-refractivity contribution in [3.05, 3.63) is 94.0 Å². The molecule has 0 radical (unpaired) electrons. The zero-order chi connectivity index (χ0) is 24.2. The van der Waals surface area contributed by atoms with E-state index < -0.39 is 21.9 Å². The number of aliphatic hydroxyl groups is 1. The summed E-state index contributed by atoms with van der Waals surface area (Å²) in [6, 6.07) is 17.8. The minimum atomic E-state index is -3.76. The molecule has 0 amide bonds. The van der Waals surface area contributed by atoms with Crippen LogP contribution in [-0.4, -0.2) is 37.2 Å². The van der Waals surface area contributed by atoms with E-state index in [0.717, 1.165) is 11.1 Å². The molecular formula is C25H27ClNNaO5S. The Kier molecular flexibility index (Phi) is 10.3. The van der Waals surface area contributed by atoms with Gasteiger partial charge in [-0.05, 0) is 79.4 Å². The molecule has 6 nitrogen and oxygen atoms in total. The number of nitrogens with one attached hydrogen (secondary N) is 1. The molecule has 9 heteroatoms. The quantitative estimate of drug-likeness (QED) is 0.377. The summed E-state index contributed by atoms with van der Waals surface area (Å²) < 4.78 is 25.9. The molecule has 0 spiro atoms. The number of hydrogen-bond donors (Lipinski definition) is 3. The zero-order valence-electron chi connectivity index (χ0n) is 20.3. The summed E-state index contributed by atoms with van der Waals surface area (Å²) in [7, 11) is -3.76. The second-order valence-electron chi connectivity index (χ2n) is 8.01. The Hall–Kier alpha value is -1.71. The van der Waals surface area contributed by atoms with Crippen molar-refractivity contribution in [1.82, 2.24) is 5.32 Å². The maximum atomic E-state index is 12.9. The van der Waals surface area contributed by atoms with Crippen molar-refractivity contribution in [1.29, 1.82) is 0 Å². The van der Waals surface area contributed by atoms with Crippen LogP contribution < -0.4 is 34.9 Å². The van der Waals surface area contributed by atoms with Gasteiger partial charge >= 0.3 is 35.5 Å². The van der Waals surface area contributed by atoms with Gasteiger partial charge in [0.05, 0.1) is 21.5 Å². The minimum Gasteiger partial charge on any atom is -1.00 e. The van der Waals surface area contributed by atoms with Crippen LogP contribution in [0.5, 0.6) is 0 Å². The van der Waals surface area contributed by atoms with E-state index >= 15 is 0 Å². The fourth-order valence-corrected chi connectivity index (χ4v) is 5.10. The van der Waals surface area contributed by atoms with Gasteiger partial charge in [0.1, 0.15) is 0 Å². The van der Waals surface area contributed by atoms with E-state index in [9.17, 15) is 18.3 Å². The molecule has 3 aromatic carbocycles.